The molecule has 0 aromatic heterocycles. The highest BCUT2D eigenvalue weighted by Gasteiger charge is 2.21. The molecule has 1 heterocycles. The third kappa shape index (κ3) is 22.2. The van der Waals surface area contributed by atoms with E-state index in [0.29, 0.717) is 17.9 Å². The Hall–Kier alpha value is -1.08. The average molecular weight is 627 g/mol. The Morgan fingerprint density at radius 3 is 1.47 bits per heavy atom. The van der Waals surface area contributed by atoms with Gasteiger partial charge in [-0.15, -0.1) is 6.58 Å². The van der Waals surface area contributed by atoms with Crippen LogP contribution in [0.1, 0.15) is 161 Å². The molecule has 264 valence electrons. The van der Waals surface area contributed by atoms with Gasteiger partial charge in [0.25, 0.3) is 0 Å². The molecule has 2 saturated carbocycles. The zero-order valence-corrected chi connectivity index (χ0v) is 33.1. The lowest BCUT2D eigenvalue weighted by molar-refractivity contribution is 0.0719. The van der Waals surface area contributed by atoms with Gasteiger partial charge < -0.3 is 4.74 Å². The maximum Gasteiger partial charge on any atom is 0.0680 e. The normalized spacial score (nSPS) is 34.3. The summed E-state index contributed by atoms with van der Waals surface area (Å²) in [6, 6.07) is 0. The fourth-order valence-electron chi connectivity index (χ4n) is 6.37. The van der Waals surface area contributed by atoms with E-state index in [1.54, 1.807) is 0 Å². The number of allylic oxidation sites excluding steroid dienone is 5. The molecule has 0 aromatic carbocycles. The fraction of sp³-hybridized carbons (Fsp3) is 0.818. The summed E-state index contributed by atoms with van der Waals surface area (Å²) in [5.74, 6) is 8.84. The first-order valence-corrected chi connectivity index (χ1v) is 19.3. The molecule has 4 aliphatic rings. The number of rotatable bonds is 4. The van der Waals surface area contributed by atoms with Gasteiger partial charge in [0.2, 0.25) is 0 Å². The lowest BCUT2D eigenvalue weighted by atomic mass is 9.77. The largest absolute Gasteiger partial charge is 0.374 e. The van der Waals surface area contributed by atoms with Crippen LogP contribution >= 0.6 is 0 Å². The number of hydrogen-bond acceptors (Lipinski definition) is 1. The van der Waals surface area contributed by atoms with Gasteiger partial charge in [0.1, 0.15) is 0 Å². The highest BCUT2D eigenvalue weighted by molar-refractivity contribution is 5.13. The van der Waals surface area contributed by atoms with Crippen molar-refractivity contribution < 1.29 is 4.74 Å². The first kappa shape index (κ1) is 43.9. The van der Waals surface area contributed by atoms with E-state index in [1.807, 2.05) is 6.08 Å². The van der Waals surface area contributed by atoms with E-state index in [1.165, 1.54) is 68.9 Å². The summed E-state index contributed by atoms with van der Waals surface area (Å²) < 4.78 is 5.40. The van der Waals surface area contributed by atoms with Crippen LogP contribution in [0.2, 0.25) is 0 Å². The van der Waals surface area contributed by atoms with Crippen LogP contribution in [0, 0.1) is 59.2 Å². The van der Waals surface area contributed by atoms with Crippen molar-refractivity contribution in [2.75, 3.05) is 6.61 Å². The Balaban J connectivity index is 0.000000538. The molecule has 11 unspecified atom stereocenters. The van der Waals surface area contributed by atoms with Crippen LogP contribution in [-0.2, 0) is 4.74 Å². The van der Waals surface area contributed by atoms with E-state index in [0.717, 1.165) is 60.4 Å². The van der Waals surface area contributed by atoms with Crippen molar-refractivity contribution in [3.8, 4) is 0 Å². The molecule has 1 nitrogen and oxygen atoms in total. The first-order chi connectivity index (χ1) is 21.1. The Morgan fingerprint density at radius 1 is 0.689 bits per heavy atom. The molecule has 0 N–H and O–H groups in total. The molecular weight excluding hydrogens is 544 g/mol. The van der Waals surface area contributed by atoms with Gasteiger partial charge in [-0.1, -0.05) is 144 Å². The van der Waals surface area contributed by atoms with Gasteiger partial charge in [-0.3, -0.25) is 0 Å². The lowest BCUT2D eigenvalue weighted by Crippen LogP contribution is -2.18. The Kier molecular flexibility index (Phi) is 24.4. The first-order valence-electron chi connectivity index (χ1n) is 19.3. The lowest BCUT2D eigenvalue weighted by Gasteiger charge is -2.29. The van der Waals surface area contributed by atoms with Gasteiger partial charge in [-0.2, -0.15) is 0 Å². The van der Waals surface area contributed by atoms with Crippen LogP contribution in [0.4, 0.5) is 0 Å². The van der Waals surface area contributed by atoms with E-state index >= 15 is 0 Å². The molecular formula is C44H82O. The monoisotopic (exact) mass is 627 g/mol. The van der Waals surface area contributed by atoms with Crippen molar-refractivity contribution in [1.29, 1.82) is 0 Å². The predicted molar refractivity (Wildman–Crippen MR) is 206 cm³/mol. The average Bonchev–Trinajstić information content (AvgIpc) is 3.00. The van der Waals surface area contributed by atoms with Crippen LogP contribution in [0.25, 0.3) is 0 Å². The predicted octanol–water partition coefficient (Wildman–Crippen LogP) is 14.3. The number of ether oxygens (including phenoxy) is 1. The van der Waals surface area contributed by atoms with Crippen molar-refractivity contribution in [2.24, 2.45) is 59.2 Å². The highest BCUT2D eigenvalue weighted by atomic mass is 16.5. The van der Waals surface area contributed by atoms with Crippen LogP contribution in [0.5, 0.6) is 0 Å². The topological polar surface area (TPSA) is 9.23 Å². The van der Waals surface area contributed by atoms with E-state index in [-0.39, 0.29) is 0 Å². The minimum absolute atomic E-state index is 0.439. The highest BCUT2D eigenvalue weighted by Crippen LogP contribution is 2.33. The van der Waals surface area contributed by atoms with Gasteiger partial charge in [0, 0.05) is 0 Å². The van der Waals surface area contributed by atoms with Crippen molar-refractivity contribution >= 4 is 0 Å². The van der Waals surface area contributed by atoms with Gasteiger partial charge in [-0.05, 0) is 118 Å². The minimum atomic E-state index is 0.439. The van der Waals surface area contributed by atoms with Crippen molar-refractivity contribution in [3.63, 3.8) is 0 Å². The summed E-state index contributed by atoms with van der Waals surface area (Å²) in [6.07, 6.45) is 25.4. The fourth-order valence-corrected chi connectivity index (χ4v) is 6.37. The van der Waals surface area contributed by atoms with E-state index in [2.05, 4.69) is 128 Å². The second-order valence-electron chi connectivity index (χ2n) is 16.4. The number of hydrogen-bond donors (Lipinski definition) is 0. The molecule has 0 aromatic rings. The van der Waals surface area contributed by atoms with Gasteiger partial charge in [-0.25, -0.2) is 0 Å². The third-order valence-corrected chi connectivity index (χ3v) is 11.2. The maximum absolute atomic E-state index is 5.40. The smallest absolute Gasteiger partial charge is 0.0680 e. The van der Waals surface area contributed by atoms with E-state index in [4.69, 9.17) is 4.74 Å². The van der Waals surface area contributed by atoms with Gasteiger partial charge >= 0.3 is 0 Å². The Bertz CT molecular complexity index is 796. The third-order valence-electron chi connectivity index (χ3n) is 11.2. The molecule has 0 radical (unpaired) electrons. The summed E-state index contributed by atoms with van der Waals surface area (Å²) in [5, 5.41) is 0. The maximum atomic E-state index is 5.40. The Labute approximate surface area is 285 Å². The minimum Gasteiger partial charge on any atom is -0.374 e. The zero-order chi connectivity index (χ0) is 34.5. The summed E-state index contributed by atoms with van der Waals surface area (Å²) in [4.78, 5) is 0. The Morgan fingerprint density at radius 2 is 1.16 bits per heavy atom. The summed E-state index contributed by atoms with van der Waals surface area (Å²) >= 11 is 0. The van der Waals surface area contributed by atoms with Gasteiger partial charge in [0.05, 0.1) is 12.7 Å². The molecule has 1 aliphatic heterocycles. The molecule has 2 fully saturated rings. The molecule has 0 amide bonds. The summed E-state index contributed by atoms with van der Waals surface area (Å²) in [6.45, 7) is 36.4. The van der Waals surface area contributed by atoms with Crippen LogP contribution < -0.4 is 0 Å². The molecule has 0 bridgehead atoms. The van der Waals surface area contributed by atoms with Crippen LogP contribution in [0.3, 0.4) is 0 Å². The van der Waals surface area contributed by atoms with E-state index < -0.39 is 0 Å². The molecule has 3 aliphatic carbocycles. The van der Waals surface area contributed by atoms with Crippen molar-refractivity contribution in [3.05, 3.63) is 48.1 Å². The quantitative estimate of drug-likeness (QED) is 0.282. The molecule has 0 saturated heterocycles. The van der Waals surface area contributed by atoms with Gasteiger partial charge in [0.15, 0.2) is 0 Å². The summed E-state index contributed by atoms with van der Waals surface area (Å²) in [5.41, 5.74) is 2.92. The van der Waals surface area contributed by atoms with Crippen LogP contribution in [0.15, 0.2) is 48.1 Å². The van der Waals surface area contributed by atoms with Crippen LogP contribution in [-0.4, -0.2) is 12.7 Å². The molecule has 45 heavy (non-hydrogen) atoms. The SMILES string of the molecule is C=CC(C)/C=C\C(C)CC.CC1=C(C)CC(C)OC1.CC1C=CC(C)CC1.CC1CCC(C)C(C)C1.CC1CCC(C)C(C)C1. The summed E-state index contributed by atoms with van der Waals surface area (Å²) in [7, 11) is 0. The van der Waals surface area contributed by atoms with E-state index in [9.17, 15) is 0 Å². The zero-order valence-electron chi connectivity index (χ0n) is 33.1. The van der Waals surface area contributed by atoms with Crippen molar-refractivity contribution in [1.82, 2.24) is 0 Å². The molecule has 0 spiro atoms. The second kappa shape index (κ2) is 25.0. The van der Waals surface area contributed by atoms with Crippen molar-refractivity contribution in [2.45, 2.75) is 167 Å². The standard InChI is InChI=1S/C10H18.2C9H18.C8H14O.C8H14/c1-5-9(3)7-8-10(4)6-2;2*1-7-4-5-8(2)9(3)6-7;1-6-4-8(3)9-5-7(6)2;1-7-3-5-8(2)6-4-7/h5,7-10H,1,6H2,2-4H3;2*7-9H,4-6H2,1-3H3;8H,4-5H2,1-3H3;3,5,7-8H,4,6H2,1-2H3/b8-7-;;;;. The molecule has 4 rings (SSSR count). The molecule has 11 atom stereocenters. The second-order valence-corrected chi connectivity index (χ2v) is 16.4. The molecule has 1 heteroatoms.